The average molecular weight is 563 g/mol. The van der Waals surface area contributed by atoms with Crippen LogP contribution in [0.15, 0.2) is 0 Å². The summed E-state index contributed by atoms with van der Waals surface area (Å²) in [7, 11) is 0. The zero-order chi connectivity index (χ0) is 22.2. The van der Waals surface area contributed by atoms with E-state index in [2.05, 4.69) is 0 Å². The van der Waals surface area contributed by atoms with Gasteiger partial charge in [-0.05, 0) is 0 Å². The molecular weight excluding hydrogens is 563 g/mol. The van der Waals surface area contributed by atoms with E-state index in [0.717, 1.165) is 0 Å². The van der Waals surface area contributed by atoms with Gasteiger partial charge in [0.15, 0.2) is 0 Å². The zero-order valence-corrected chi connectivity index (χ0v) is 16.1. The van der Waals surface area contributed by atoms with Crippen LogP contribution in [0.3, 0.4) is 0 Å². The molecule has 0 aromatic carbocycles. The zero-order valence-electron chi connectivity index (χ0n) is 11.6. The summed E-state index contributed by atoms with van der Waals surface area (Å²) in [6.45, 7) is 0. The van der Waals surface area contributed by atoms with Gasteiger partial charge in [0, 0.05) is 0 Å². The summed E-state index contributed by atoms with van der Waals surface area (Å²) in [5.74, 6) is -33.4. The Morgan fingerprint density at radius 1 is 0.481 bits per heavy atom. The van der Waals surface area contributed by atoms with E-state index in [1.165, 1.54) is 0 Å². The van der Waals surface area contributed by atoms with Crippen molar-refractivity contribution in [1.82, 2.24) is 0 Å². The molecule has 0 unspecified atom stereocenters. The van der Waals surface area contributed by atoms with Crippen molar-refractivity contribution in [1.29, 1.82) is 0 Å². The van der Waals surface area contributed by atoms with Gasteiger partial charge in [-0.2, -0.15) is 61.5 Å². The standard InChI is InChI=1S/2C4HF7O2.Ba/c2*5-2(6,1(12)13)3(7,8)4(9,10)11;/h2*(H,12,13);/q;;+2/p-2. The van der Waals surface area contributed by atoms with Crippen molar-refractivity contribution in [3.05, 3.63) is 0 Å². The maximum absolute atomic E-state index is 11.7. The first kappa shape index (κ1) is 31.2. The molecule has 0 fully saturated rings. The first-order chi connectivity index (χ1) is 10.9. The Bertz CT molecular complexity index is 488. The molecular formula is C8BaF14O4. The van der Waals surface area contributed by atoms with Crippen LogP contribution in [0, 0.1) is 0 Å². The van der Waals surface area contributed by atoms with Crippen molar-refractivity contribution in [2.45, 2.75) is 36.0 Å². The molecule has 156 valence electrons. The van der Waals surface area contributed by atoms with Gasteiger partial charge in [0.1, 0.15) is 11.9 Å². The Morgan fingerprint density at radius 3 is 0.667 bits per heavy atom. The second-order valence-electron chi connectivity index (χ2n) is 3.87. The van der Waals surface area contributed by atoms with E-state index in [1.54, 1.807) is 0 Å². The third-order valence-corrected chi connectivity index (χ3v) is 2.01. The smallest absolute Gasteiger partial charge is 0.544 e. The second-order valence-corrected chi connectivity index (χ2v) is 3.87. The van der Waals surface area contributed by atoms with Crippen LogP contribution in [0.1, 0.15) is 0 Å². The predicted octanol–water partition coefficient (Wildman–Crippen LogP) is 0.758. The fraction of sp³-hybridized carbons (Fsp3) is 0.750. The van der Waals surface area contributed by atoms with Crippen molar-refractivity contribution in [3.8, 4) is 0 Å². The quantitative estimate of drug-likeness (QED) is 0.374. The normalized spacial score (nSPS) is 13.9. The minimum atomic E-state index is -6.64. The van der Waals surface area contributed by atoms with Crippen LogP contribution >= 0.6 is 0 Å². The Hall–Kier alpha value is -0.469. The molecule has 0 aliphatic heterocycles. The number of hydrogen-bond donors (Lipinski definition) is 0. The van der Waals surface area contributed by atoms with Crippen LogP contribution in [0.2, 0.25) is 0 Å². The summed E-state index contributed by atoms with van der Waals surface area (Å²) in [5.41, 5.74) is 0. The van der Waals surface area contributed by atoms with E-state index >= 15 is 0 Å². The van der Waals surface area contributed by atoms with Crippen molar-refractivity contribution in [3.63, 3.8) is 0 Å². The van der Waals surface area contributed by atoms with Gasteiger partial charge in [0.05, 0.1) is 0 Å². The van der Waals surface area contributed by atoms with E-state index in [9.17, 15) is 81.3 Å². The summed E-state index contributed by atoms with van der Waals surface area (Å²) in [6, 6.07) is 0. The number of rotatable bonds is 4. The molecule has 0 rings (SSSR count). The molecule has 4 nitrogen and oxygen atoms in total. The fourth-order valence-corrected chi connectivity index (χ4v) is 0.612. The number of alkyl halides is 14. The molecule has 0 atom stereocenters. The summed E-state index contributed by atoms with van der Waals surface area (Å²) >= 11 is 0. The summed E-state index contributed by atoms with van der Waals surface area (Å²) in [4.78, 5) is 18.5. The van der Waals surface area contributed by atoms with Gasteiger partial charge in [-0.1, -0.05) is 0 Å². The Labute approximate surface area is 177 Å². The average Bonchev–Trinajstić information content (AvgIpc) is 2.35. The van der Waals surface area contributed by atoms with E-state index in [4.69, 9.17) is 0 Å². The molecule has 0 spiro atoms. The Kier molecular flexibility index (Phi) is 10.3. The van der Waals surface area contributed by atoms with E-state index in [1.807, 2.05) is 0 Å². The molecule has 0 saturated heterocycles. The molecule has 19 heteroatoms. The van der Waals surface area contributed by atoms with Crippen molar-refractivity contribution in [2.24, 2.45) is 0 Å². The van der Waals surface area contributed by atoms with Crippen LogP contribution in [0.4, 0.5) is 61.5 Å². The number of carbonyl (C=O) groups is 2. The number of halogens is 14. The predicted molar refractivity (Wildman–Crippen MR) is 47.7 cm³/mol. The van der Waals surface area contributed by atoms with Crippen molar-refractivity contribution < 1.29 is 81.3 Å². The topological polar surface area (TPSA) is 80.3 Å². The number of carboxylic acids is 2. The fourth-order valence-electron chi connectivity index (χ4n) is 0.612. The summed E-state index contributed by atoms with van der Waals surface area (Å²) < 4.78 is 160. The molecule has 0 aromatic heterocycles. The number of hydrogen-bond acceptors (Lipinski definition) is 4. The van der Waals surface area contributed by atoms with E-state index < -0.39 is 48.0 Å². The molecule has 0 amide bonds. The number of aliphatic carboxylic acids is 2. The van der Waals surface area contributed by atoms with Crippen molar-refractivity contribution in [2.75, 3.05) is 0 Å². The minimum absolute atomic E-state index is 0. The van der Waals surface area contributed by atoms with Gasteiger partial charge in [-0.15, -0.1) is 0 Å². The van der Waals surface area contributed by atoms with Crippen LogP contribution in [0.5, 0.6) is 0 Å². The van der Waals surface area contributed by atoms with Crippen LogP contribution in [-0.4, -0.2) is 96.9 Å². The van der Waals surface area contributed by atoms with E-state index in [0.29, 0.717) is 0 Å². The molecule has 0 radical (unpaired) electrons. The molecule has 0 aromatic rings. The molecule has 0 bridgehead atoms. The monoisotopic (exact) mass is 564 g/mol. The van der Waals surface area contributed by atoms with Crippen LogP contribution < -0.4 is 10.2 Å². The molecule has 27 heavy (non-hydrogen) atoms. The molecule has 0 N–H and O–H groups in total. The summed E-state index contributed by atoms with van der Waals surface area (Å²) in [6.07, 6.45) is -13.3. The van der Waals surface area contributed by atoms with E-state index in [-0.39, 0.29) is 48.9 Å². The molecule has 0 aliphatic carbocycles. The van der Waals surface area contributed by atoms with Gasteiger partial charge in [-0.25, -0.2) is 0 Å². The second kappa shape index (κ2) is 8.91. The first-order valence-corrected chi connectivity index (χ1v) is 4.96. The van der Waals surface area contributed by atoms with Gasteiger partial charge in [-0.3, -0.25) is 0 Å². The maximum atomic E-state index is 11.7. The van der Waals surface area contributed by atoms with Gasteiger partial charge in [0.2, 0.25) is 0 Å². The van der Waals surface area contributed by atoms with Crippen molar-refractivity contribution >= 4 is 60.8 Å². The van der Waals surface area contributed by atoms with Crippen LogP contribution in [0.25, 0.3) is 0 Å². The molecule has 0 saturated carbocycles. The largest absolute Gasteiger partial charge is 2.00 e. The number of carbonyl (C=O) groups excluding carboxylic acids is 2. The third kappa shape index (κ3) is 6.26. The maximum Gasteiger partial charge on any atom is 2.00 e. The summed E-state index contributed by atoms with van der Waals surface area (Å²) in [5, 5.41) is 18.5. The SMILES string of the molecule is O=C([O-])C(F)(F)C(F)(F)C(F)(F)F.O=C([O-])C(F)(F)C(F)(F)C(F)(F)F.[Ba+2]. The van der Waals surface area contributed by atoms with Gasteiger partial charge >= 0.3 is 84.9 Å². The third-order valence-electron chi connectivity index (χ3n) is 2.01. The number of carboxylic acid groups (broad SMARTS) is 2. The van der Waals surface area contributed by atoms with Gasteiger partial charge in [0.25, 0.3) is 0 Å². The van der Waals surface area contributed by atoms with Crippen LogP contribution in [-0.2, 0) is 9.59 Å². The van der Waals surface area contributed by atoms with Gasteiger partial charge < -0.3 is 19.8 Å². The molecule has 0 heterocycles. The molecule has 0 aliphatic rings. The Morgan fingerprint density at radius 2 is 0.630 bits per heavy atom. The minimum Gasteiger partial charge on any atom is -0.544 e. The first-order valence-electron chi connectivity index (χ1n) is 4.96. The Balaban J connectivity index is -0.000000411.